The van der Waals surface area contributed by atoms with E-state index in [1.165, 1.54) is 16.4 Å². The topological polar surface area (TPSA) is 104 Å². The van der Waals surface area contributed by atoms with Crippen molar-refractivity contribution in [1.82, 2.24) is 24.2 Å². The van der Waals surface area contributed by atoms with Gasteiger partial charge in [0, 0.05) is 30.4 Å². The Morgan fingerprint density at radius 2 is 2.04 bits per heavy atom. The second kappa shape index (κ2) is 7.86. The lowest BCUT2D eigenvalue weighted by atomic mass is 10.1. The van der Waals surface area contributed by atoms with Crippen LogP contribution in [-0.4, -0.2) is 51.8 Å². The molecule has 0 saturated carbocycles. The fourth-order valence-corrected chi connectivity index (χ4v) is 4.84. The van der Waals surface area contributed by atoms with Crippen LogP contribution < -0.4 is 5.32 Å². The first-order valence-electron chi connectivity index (χ1n) is 8.86. The van der Waals surface area contributed by atoms with E-state index in [1.807, 2.05) is 0 Å². The monoisotopic (exact) mass is 418 g/mol. The lowest BCUT2D eigenvalue weighted by Gasteiger charge is -2.32. The fraction of sp³-hybridized carbons (Fsp3) is 0.278. The van der Waals surface area contributed by atoms with Crippen molar-refractivity contribution in [1.29, 1.82) is 0 Å². The number of halogens is 1. The van der Waals surface area contributed by atoms with Gasteiger partial charge < -0.3 is 10.3 Å². The molecule has 28 heavy (non-hydrogen) atoms. The molecule has 146 valence electrons. The molecular weight excluding hydrogens is 400 g/mol. The molecule has 8 nitrogen and oxygen atoms in total. The highest BCUT2D eigenvalue weighted by Gasteiger charge is 2.30. The maximum Gasteiger partial charge on any atom is 0.243 e. The molecule has 2 aromatic heterocycles. The summed E-state index contributed by atoms with van der Waals surface area (Å²) in [6.07, 6.45) is 6.53. The highest BCUT2D eigenvalue weighted by molar-refractivity contribution is 7.89. The average Bonchev–Trinajstić information content (AvgIpc) is 3.24. The van der Waals surface area contributed by atoms with Crippen molar-refractivity contribution >= 4 is 27.6 Å². The summed E-state index contributed by atoms with van der Waals surface area (Å²) >= 11 is 5.87. The van der Waals surface area contributed by atoms with E-state index < -0.39 is 10.0 Å². The molecule has 0 aliphatic carbocycles. The number of aromatic nitrogens is 4. The van der Waals surface area contributed by atoms with Crippen molar-refractivity contribution in [2.24, 2.45) is 0 Å². The van der Waals surface area contributed by atoms with Crippen molar-refractivity contribution in [3.05, 3.63) is 54.1 Å². The standard InChI is InChI=1S/C18H19ClN6O2S/c19-13-3-5-15(6-4-13)28(26,27)25-9-1-2-14(11-25)23-18-21-8-7-16(24-18)17-10-20-12-22-17/h3-8,10,12,14H,1-2,9,11H2,(H,20,22)(H,21,23,24). The van der Waals surface area contributed by atoms with Gasteiger partial charge in [-0.25, -0.2) is 23.4 Å². The van der Waals surface area contributed by atoms with E-state index in [0.29, 0.717) is 24.1 Å². The number of nitrogens with one attached hydrogen (secondary N) is 2. The maximum absolute atomic E-state index is 12.9. The number of anilines is 1. The van der Waals surface area contributed by atoms with Crippen molar-refractivity contribution in [3.63, 3.8) is 0 Å². The number of nitrogens with zero attached hydrogens (tertiary/aromatic N) is 4. The van der Waals surface area contributed by atoms with Gasteiger partial charge in [-0.1, -0.05) is 11.6 Å². The number of benzene rings is 1. The largest absolute Gasteiger partial charge is 0.350 e. The first-order chi connectivity index (χ1) is 13.5. The van der Waals surface area contributed by atoms with E-state index in [1.54, 1.807) is 36.9 Å². The Morgan fingerprint density at radius 3 is 2.79 bits per heavy atom. The summed E-state index contributed by atoms with van der Waals surface area (Å²) in [5.74, 6) is 0.461. The second-order valence-electron chi connectivity index (χ2n) is 6.53. The number of H-pyrrole nitrogens is 1. The van der Waals surface area contributed by atoms with Gasteiger partial charge in [0.1, 0.15) is 0 Å². The van der Waals surface area contributed by atoms with Gasteiger partial charge in [-0.2, -0.15) is 4.31 Å². The number of sulfonamides is 1. The molecule has 1 aliphatic rings. The zero-order chi connectivity index (χ0) is 19.6. The van der Waals surface area contributed by atoms with Crippen LogP contribution in [0, 0.1) is 0 Å². The van der Waals surface area contributed by atoms with E-state index >= 15 is 0 Å². The van der Waals surface area contributed by atoms with Crippen LogP contribution in [0.3, 0.4) is 0 Å². The van der Waals surface area contributed by atoms with Gasteiger partial charge >= 0.3 is 0 Å². The fourth-order valence-electron chi connectivity index (χ4n) is 3.19. The molecule has 10 heteroatoms. The smallest absolute Gasteiger partial charge is 0.243 e. The third-order valence-electron chi connectivity index (χ3n) is 4.60. The molecule has 4 rings (SSSR count). The van der Waals surface area contributed by atoms with Crippen LogP contribution in [0.2, 0.25) is 5.02 Å². The molecule has 2 N–H and O–H groups in total. The molecule has 1 aliphatic heterocycles. The summed E-state index contributed by atoms with van der Waals surface area (Å²) in [5, 5.41) is 3.77. The number of hydrogen-bond donors (Lipinski definition) is 2. The van der Waals surface area contributed by atoms with Crippen molar-refractivity contribution in [2.45, 2.75) is 23.8 Å². The van der Waals surface area contributed by atoms with Crippen molar-refractivity contribution in [3.8, 4) is 11.4 Å². The van der Waals surface area contributed by atoms with Crippen LogP contribution in [0.4, 0.5) is 5.95 Å². The normalized spacial score (nSPS) is 18.1. The summed E-state index contributed by atoms with van der Waals surface area (Å²) in [7, 11) is -3.57. The Kier molecular flexibility index (Phi) is 5.29. The summed E-state index contributed by atoms with van der Waals surface area (Å²) in [6.45, 7) is 0.834. The molecule has 0 spiro atoms. The molecule has 0 amide bonds. The predicted octanol–water partition coefficient (Wildman–Crippen LogP) is 2.79. The van der Waals surface area contributed by atoms with Gasteiger partial charge in [-0.3, -0.25) is 0 Å². The maximum atomic E-state index is 12.9. The Balaban J connectivity index is 1.48. The Hall–Kier alpha value is -2.49. The van der Waals surface area contributed by atoms with E-state index in [-0.39, 0.29) is 10.9 Å². The molecule has 1 saturated heterocycles. The molecule has 3 aromatic rings. The van der Waals surface area contributed by atoms with Crippen molar-refractivity contribution in [2.75, 3.05) is 18.4 Å². The minimum absolute atomic E-state index is 0.0761. The van der Waals surface area contributed by atoms with Crippen LogP contribution >= 0.6 is 11.6 Å². The minimum Gasteiger partial charge on any atom is -0.350 e. The zero-order valence-corrected chi connectivity index (χ0v) is 16.5. The van der Waals surface area contributed by atoms with Gasteiger partial charge in [0.15, 0.2) is 0 Å². The van der Waals surface area contributed by atoms with Crippen LogP contribution in [0.15, 0.2) is 53.9 Å². The van der Waals surface area contributed by atoms with E-state index in [0.717, 1.165) is 24.2 Å². The zero-order valence-electron chi connectivity index (χ0n) is 14.9. The number of aromatic amines is 1. The summed E-state index contributed by atoms with van der Waals surface area (Å²) in [6, 6.07) is 7.95. The first kappa shape index (κ1) is 18.9. The Morgan fingerprint density at radius 1 is 1.21 bits per heavy atom. The van der Waals surface area contributed by atoms with Gasteiger partial charge in [0.2, 0.25) is 16.0 Å². The van der Waals surface area contributed by atoms with Crippen LogP contribution in [0.1, 0.15) is 12.8 Å². The number of hydrogen-bond acceptors (Lipinski definition) is 6. The molecule has 1 fully saturated rings. The molecule has 1 unspecified atom stereocenters. The third kappa shape index (κ3) is 4.01. The van der Waals surface area contributed by atoms with Gasteiger partial charge in [0.05, 0.1) is 28.8 Å². The molecule has 0 radical (unpaired) electrons. The molecule has 1 aromatic carbocycles. The average molecular weight is 419 g/mol. The SMILES string of the molecule is O=S(=O)(c1ccc(Cl)cc1)N1CCCC(Nc2nccc(-c3cnc[nH]3)n2)C1. The van der Waals surface area contributed by atoms with Gasteiger partial charge in [-0.15, -0.1) is 0 Å². The van der Waals surface area contributed by atoms with Gasteiger partial charge in [0.25, 0.3) is 0 Å². The van der Waals surface area contributed by atoms with Crippen LogP contribution in [-0.2, 0) is 10.0 Å². The molecule has 0 bridgehead atoms. The lowest BCUT2D eigenvalue weighted by Crippen LogP contribution is -2.45. The van der Waals surface area contributed by atoms with Crippen LogP contribution in [0.5, 0.6) is 0 Å². The number of piperidine rings is 1. The Labute approximate surface area is 168 Å². The molecule has 1 atom stereocenters. The van der Waals surface area contributed by atoms with E-state index in [9.17, 15) is 8.42 Å². The highest BCUT2D eigenvalue weighted by atomic mass is 35.5. The van der Waals surface area contributed by atoms with Crippen molar-refractivity contribution < 1.29 is 8.42 Å². The predicted molar refractivity (Wildman–Crippen MR) is 106 cm³/mol. The lowest BCUT2D eigenvalue weighted by molar-refractivity contribution is 0.326. The third-order valence-corrected chi connectivity index (χ3v) is 6.73. The van der Waals surface area contributed by atoms with Crippen LogP contribution in [0.25, 0.3) is 11.4 Å². The van der Waals surface area contributed by atoms with E-state index in [2.05, 4.69) is 25.3 Å². The first-order valence-corrected chi connectivity index (χ1v) is 10.7. The quantitative estimate of drug-likeness (QED) is 0.660. The summed E-state index contributed by atoms with van der Waals surface area (Å²) < 4.78 is 27.3. The molecular formula is C18H19ClN6O2S. The second-order valence-corrected chi connectivity index (χ2v) is 8.91. The minimum atomic E-state index is -3.57. The molecule has 3 heterocycles. The summed E-state index contributed by atoms with van der Waals surface area (Å²) in [4.78, 5) is 16.0. The van der Waals surface area contributed by atoms with Gasteiger partial charge in [-0.05, 0) is 43.2 Å². The Bertz CT molecular complexity index is 1040. The highest BCUT2D eigenvalue weighted by Crippen LogP contribution is 2.23. The number of imidazole rings is 1. The van der Waals surface area contributed by atoms with E-state index in [4.69, 9.17) is 11.6 Å². The summed E-state index contributed by atoms with van der Waals surface area (Å²) in [5.41, 5.74) is 1.51. The number of rotatable bonds is 5.